The summed E-state index contributed by atoms with van der Waals surface area (Å²) in [4.78, 5) is 40.7. The maximum Gasteiger partial charge on any atom is 0.259 e. The van der Waals surface area contributed by atoms with Crippen LogP contribution in [0.4, 0.5) is 11.4 Å². The third kappa shape index (κ3) is 4.38. The number of hydrogen-bond acceptors (Lipinski definition) is 6. The fourth-order valence-electron chi connectivity index (χ4n) is 4.57. The number of thioether (sulfide) groups is 1. The summed E-state index contributed by atoms with van der Waals surface area (Å²) >= 11 is 1.22. The summed E-state index contributed by atoms with van der Waals surface area (Å²) in [5.41, 5.74) is 4.24. The summed E-state index contributed by atoms with van der Waals surface area (Å²) in [6.07, 6.45) is 2.41. The fraction of sp³-hybridized carbons (Fsp3) is 0.143. The van der Waals surface area contributed by atoms with Crippen LogP contribution in [-0.2, 0) is 16.0 Å². The average Bonchev–Trinajstić information content (AvgIpc) is 3.49. The van der Waals surface area contributed by atoms with Gasteiger partial charge >= 0.3 is 0 Å². The Bertz CT molecular complexity index is 1590. The highest BCUT2D eigenvalue weighted by atomic mass is 32.2. The quantitative estimate of drug-likeness (QED) is 0.392. The first kappa shape index (κ1) is 23.1. The van der Waals surface area contributed by atoms with E-state index in [1.807, 2.05) is 66.9 Å². The number of H-pyrrole nitrogens is 1. The number of ether oxygens (including phenoxy) is 1. The molecule has 6 rings (SSSR count). The molecule has 2 amide bonds. The van der Waals surface area contributed by atoms with E-state index < -0.39 is 6.04 Å². The lowest BCUT2D eigenvalue weighted by Gasteiger charge is -2.25. The number of aliphatic imine (C=N–C) groups is 2. The second kappa shape index (κ2) is 9.59. The predicted molar refractivity (Wildman–Crippen MR) is 147 cm³/mol. The number of methoxy groups -OCH3 is 1. The van der Waals surface area contributed by atoms with Crippen LogP contribution in [0.15, 0.2) is 89.0 Å². The minimum absolute atomic E-state index is 0.0857. The number of benzene rings is 3. The zero-order chi connectivity index (χ0) is 25.4. The highest BCUT2D eigenvalue weighted by molar-refractivity contribution is 8.14. The second-order valence-electron chi connectivity index (χ2n) is 8.69. The predicted octanol–water partition coefficient (Wildman–Crippen LogP) is 4.75. The number of aromatic amines is 1. The number of amides is 2. The standard InChI is InChI=1S/C28H23N5O3S/c1-36-19-8-6-7-18(14-19)30-25(34)16-37-28-32-23-12-5-3-10-21(23)26-31-24(27(35)33(26)28)13-17-15-29-22-11-4-2-9-20(17)22/h2-12,14-15,24,29H,13,16H2,1H3,(H,30,34)/t24-/m0/s1. The molecule has 37 heavy (non-hydrogen) atoms. The van der Waals surface area contributed by atoms with E-state index in [1.54, 1.807) is 24.1 Å². The molecule has 0 saturated heterocycles. The number of hydrogen-bond donors (Lipinski definition) is 2. The molecule has 184 valence electrons. The van der Waals surface area contributed by atoms with Gasteiger partial charge in [-0.25, -0.2) is 9.89 Å². The molecule has 1 aromatic heterocycles. The number of carbonyl (C=O) groups excluding carboxylic acids is 2. The molecule has 0 aliphatic carbocycles. The Balaban J connectivity index is 1.24. The zero-order valence-electron chi connectivity index (χ0n) is 20.0. The molecule has 0 unspecified atom stereocenters. The molecule has 9 heteroatoms. The highest BCUT2D eigenvalue weighted by Crippen LogP contribution is 2.34. The molecule has 1 atom stereocenters. The van der Waals surface area contributed by atoms with Crippen molar-refractivity contribution in [1.29, 1.82) is 0 Å². The van der Waals surface area contributed by atoms with Gasteiger partial charge in [0, 0.05) is 40.8 Å². The van der Waals surface area contributed by atoms with Gasteiger partial charge < -0.3 is 15.0 Å². The second-order valence-corrected chi connectivity index (χ2v) is 9.63. The van der Waals surface area contributed by atoms with Crippen molar-refractivity contribution < 1.29 is 14.3 Å². The molecule has 2 N–H and O–H groups in total. The normalized spacial score (nSPS) is 16.2. The SMILES string of the molecule is COc1cccc(NC(=O)CSC2=Nc3ccccc3C3=N[C@@H](Cc4c[nH]c5ccccc45)C(=O)N23)c1. The van der Waals surface area contributed by atoms with Crippen molar-refractivity contribution in [1.82, 2.24) is 9.88 Å². The topological polar surface area (TPSA) is 99.1 Å². The Morgan fingerprint density at radius 2 is 1.95 bits per heavy atom. The van der Waals surface area contributed by atoms with E-state index in [0.717, 1.165) is 27.7 Å². The van der Waals surface area contributed by atoms with Gasteiger partial charge in [0.25, 0.3) is 5.91 Å². The number of rotatable bonds is 6. The Morgan fingerprint density at radius 1 is 1.11 bits per heavy atom. The van der Waals surface area contributed by atoms with Gasteiger partial charge in [0.1, 0.15) is 17.6 Å². The minimum atomic E-state index is -0.572. The Labute approximate surface area is 217 Å². The van der Waals surface area contributed by atoms with Gasteiger partial charge in [-0.05, 0) is 35.9 Å². The molecule has 3 heterocycles. The van der Waals surface area contributed by atoms with E-state index in [-0.39, 0.29) is 17.6 Å². The molecule has 0 saturated carbocycles. The van der Waals surface area contributed by atoms with E-state index >= 15 is 0 Å². The minimum Gasteiger partial charge on any atom is -0.497 e. The first-order chi connectivity index (χ1) is 18.1. The van der Waals surface area contributed by atoms with Crippen molar-refractivity contribution >= 4 is 56.9 Å². The summed E-state index contributed by atoms with van der Waals surface area (Å²) in [6.45, 7) is 0. The summed E-state index contributed by atoms with van der Waals surface area (Å²) in [7, 11) is 1.58. The summed E-state index contributed by atoms with van der Waals surface area (Å²) in [5.74, 6) is 0.969. The van der Waals surface area contributed by atoms with Crippen molar-refractivity contribution in [2.24, 2.45) is 9.98 Å². The monoisotopic (exact) mass is 509 g/mol. The third-order valence-corrected chi connectivity index (χ3v) is 7.26. The Kier molecular flexibility index (Phi) is 5.97. The lowest BCUT2D eigenvalue weighted by molar-refractivity contribution is -0.124. The Morgan fingerprint density at radius 3 is 2.84 bits per heavy atom. The van der Waals surface area contributed by atoms with Crippen molar-refractivity contribution in [3.05, 3.63) is 90.1 Å². The van der Waals surface area contributed by atoms with E-state index in [1.165, 1.54) is 11.8 Å². The largest absolute Gasteiger partial charge is 0.497 e. The van der Waals surface area contributed by atoms with Gasteiger partial charge in [-0.1, -0.05) is 48.2 Å². The first-order valence-electron chi connectivity index (χ1n) is 11.8. The van der Waals surface area contributed by atoms with Gasteiger partial charge in [0.05, 0.1) is 18.6 Å². The molecule has 0 bridgehead atoms. The van der Waals surface area contributed by atoms with E-state index in [4.69, 9.17) is 14.7 Å². The number of nitrogens with one attached hydrogen (secondary N) is 2. The van der Waals surface area contributed by atoms with Crippen molar-refractivity contribution in [3.63, 3.8) is 0 Å². The molecule has 0 radical (unpaired) electrons. The number of nitrogens with zero attached hydrogens (tertiary/aromatic N) is 3. The lowest BCUT2D eigenvalue weighted by atomic mass is 10.1. The molecule has 4 aromatic rings. The molecule has 2 aliphatic rings. The highest BCUT2D eigenvalue weighted by Gasteiger charge is 2.41. The van der Waals surface area contributed by atoms with Crippen LogP contribution < -0.4 is 10.1 Å². The molecule has 0 fully saturated rings. The van der Waals surface area contributed by atoms with Gasteiger partial charge in [-0.15, -0.1) is 0 Å². The smallest absolute Gasteiger partial charge is 0.259 e. The summed E-state index contributed by atoms with van der Waals surface area (Å²) in [5, 5.41) is 4.40. The molecule has 2 aliphatic heterocycles. The molecular formula is C28H23N5O3S. The zero-order valence-corrected chi connectivity index (χ0v) is 20.8. The Hall–Kier alpha value is -4.37. The average molecular weight is 510 g/mol. The number of amidine groups is 2. The number of anilines is 1. The van der Waals surface area contributed by atoms with Crippen LogP contribution in [0.25, 0.3) is 10.9 Å². The number of fused-ring (bicyclic) bond motifs is 4. The van der Waals surface area contributed by atoms with Crippen LogP contribution in [0.2, 0.25) is 0 Å². The van der Waals surface area contributed by atoms with Gasteiger partial charge in [-0.3, -0.25) is 14.6 Å². The third-order valence-electron chi connectivity index (χ3n) is 6.32. The fourth-order valence-corrected chi connectivity index (χ4v) is 5.37. The molecule has 3 aromatic carbocycles. The van der Waals surface area contributed by atoms with E-state index in [9.17, 15) is 9.59 Å². The number of carbonyl (C=O) groups is 2. The van der Waals surface area contributed by atoms with Crippen LogP contribution in [0.5, 0.6) is 5.75 Å². The van der Waals surface area contributed by atoms with Gasteiger partial charge in [0.2, 0.25) is 5.91 Å². The van der Waals surface area contributed by atoms with Crippen LogP contribution in [0.1, 0.15) is 11.1 Å². The maximum absolute atomic E-state index is 13.6. The van der Waals surface area contributed by atoms with Crippen molar-refractivity contribution in [2.45, 2.75) is 12.5 Å². The van der Waals surface area contributed by atoms with E-state index in [2.05, 4.69) is 10.3 Å². The lowest BCUT2D eigenvalue weighted by Crippen LogP contribution is -2.41. The molecular weight excluding hydrogens is 486 g/mol. The molecule has 0 spiro atoms. The summed E-state index contributed by atoms with van der Waals surface area (Å²) < 4.78 is 5.22. The van der Waals surface area contributed by atoms with Crippen molar-refractivity contribution in [3.8, 4) is 5.75 Å². The number of para-hydroxylation sites is 2. The van der Waals surface area contributed by atoms with Crippen molar-refractivity contribution in [2.75, 3.05) is 18.2 Å². The van der Waals surface area contributed by atoms with Gasteiger partial charge in [-0.2, -0.15) is 0 Å². The van der Waals surface area contributed by atoms with Crippen LogP contribution in [-0.4, -0.2) is 51.6 Å². The van der Waals surface area contributed by atoms with E-state index in [0.29, 0.717) is 28.9 Å². The number of aromatic nitrogens is 1. The maximum atomic E-state index is 13.6. The van der Waals surface area contributed by atoms with Crippen LogP contribution >= 0.6 is 11.8 Å². The van der Waals surface area contributed by atoms with Crippen LogP contribution in [0, 0.1) is 0 Å². The first-order valence-corrected chi connectivity index (χ1v) is 12.8. The molecule has 8 nitrogen and oxygen atoms in total. The van der Waals surface area contributed by atoms with Gasteiger partial charge in [0.15, 0.2) is 5.17 Å². The van der Waals surface area contributed by atoms with Crippen LogP contribution in [0.3, 0.4) is 0 Å². The summed E-state index contributed by atoms with van der Waals surface area (Å²) in [6, 6.07) is 22.2.